The maximum absolute atomic E-state index is 12.9. The van der Waals surface area contributed by atoms with E-state index < -0.39 is 17.4 Å². The van der Waals surface area contributed by atoms with Gasteiger partial charge in [0, 0.05) is 25.0 Å². The van der Waals surface area contributed by atoms with E-state index in [9.17, 15) is 19.5 Å². The number of aromatic hydroxyl groups is 1. The van der Waals surface area contributed by atoms with Gasteiger partial charge in [-0.15, -0.1) is 0 Å². The number of allylic oxidation sites excluding steroid dienone is 5. The molecule has 7 heteroatoms. The second kappa shape index (κ2) is 13.3. The zero-order chi connectivity index (χ0) is 24.3. The summed E-state index contributed by atoms with van der Waals surface area (Å²) >= 11 is 0. The minimum Gasteiger partial charge on any atom is -0.507 e. The molecule has 0 aromatic carbocycles. The van der Waals surface area contributed by atoms with Gasteiger partial charge in [-0.1, -0.05) is 44.1 Å². The number of pyridine rings is 1. The van der Waals surface area contributed by atoms with Crippen molar-refractivity contribution in [3.8, 4) is 5.75 Å². The van der Waals surface area contributed by atoms with Gasteiger partial charge in [-0.2, -0.15) is 0 Å². The lowest BCUT2D eigenvalue weighted by Crippen LogP contribution is -2.28. The molecular weight excluding hydrogens is 408 g/mol. The number of Topliss-reactive ketones (excluding diaryl/α,β-unsaturated/α-hetero) is 1. The van der Waals surface area contributed by atoms with Crippen molar-refractivity contribution in [3.63, 3.8) is 0 Å². The van der Waals surface area contributed by atoms with Crippen molar-refractivity contribution < 1.29 is 19.4 Å². The summed E-state index contributed by atoms with van der Waals surface area (Å²) in [5, 5.41) is 13.0. The third kappa shape index (κ3) is 7.87. The Morgan fingerprint density at radius 3 is 2.59 bits per heavy atom. The van der Waals surface area contributed by atoms with Crippen molar-refractivity contribution >= 4 is 11.9 Å². The van der Waals surface area contributed by atoms with Gasteiger partial charge in [0.25, 0.3) is 5.56 Å². The monoisotopic (exact) mass is 444 g/mol. The summed E-state index contributed by atoms with van der Waals surface area (Å²) in [5.41, 5.74) is 1.47. The van der Waals surface area contributed by atoms with Crippen LogP contribution in [-0.2, 0) is 11.8 Å². The molecule has 0 spiro atoms. The lowest BCUT2D eigenvalue weighted by atomic mass is 9.97. The molecule has 2 N–H and O–H groups in total. The number of nitrogens with one attached hydrogen (secondary N) is 1. The van der Waals surface area contributed by atoms with Crippen LogP contribution in [-0.4, -0.2) is 28.7 Å². The Labute approximate surface area is 190 Å². The van der Waals surface area contributed by atoms with Crippen LogP contribution in [0.4, 0.5) is 4.79 Å². The molecule has 0 aliphatic carbocycles. The fraction of sp³-hybridized carbons (Fsp3) is 0.480. The van der Waals surface area contributed by atoms with Crippen molar-refractivity contribution in [3.05, 3.63) is 63.3 Å². The molecule has 1 rings (SSSR count). The molecule has 0 aliphatic rings. The maximum Gasteiger partial charge on any atom is 0.410 e. The van der Waals surface area contributed by atoms with Crippen LogP contribution < -0.4 is 10.9 Å². The van der Waals surface area contributed by atoms with Gasteiger partial charge < -0.3 is 14.4 Å². The van der Waals surface area contributed by atoms with E-state index in [1.54, 1.807) is 26.1 Å². The van der Waals surface area contributed by atoms with Gasteiger partial charge in [0.05, 0.1) is 7.11 Å². The largest absolute Gasteiger partial charge is 0.507 e. The Bertz CT molecular complexity index is 954. The third-order valence-corrected chi connectivity index (χ3v) is 5.35. The number of ketones is 1. The highest BCUT2D eigenvalue weighted by molar-refractivity contribution is 6.09. The Balaban J connectivity index is 3.00. The van der Waals surface area contributed by atoms with Crippen LogP contribution in [0.3, 0.4) is 0 Å². The van der Waals surface area contributed by atoms with E-state index in [0.29, 0.717) is 24.1 Å². The molecule has 176 valence electrons. The molecule has 0 aliphatic heterocycles. The second-order valence-corrected chi connectivity index (χ2v) is 8.01. The maximum atomic E-state index is 12.9. The van der Waals surface area contributed by atoms with E-state index in [-0.39, 0.29) is 17.2 Å². The van der Waals surface area contributed by atoms with Gasteiger partial charge in [-0.25, -0.2) is 4.79 Å². The lowest BCUT2D eigenvalue weighted by Gasteiger charge is -2.17. The molecule has 1 amide bonds. The number of aromatic nitrogens is 1. The second-order valence-electron chi connectivity index (χ2n) is 8.01. The van der Waals surface area contributed by atoms with Crippen molar-refractivity contribution in [1.29, 1.82) is 0 Å². The Kier molecular flexibility index (Phi) is 11.2. The van der Waals surface area contributed by atoms with Gasteiger partial charge in [0.2, 0.25) is 0 Å². The molecule has 0 radical (unpaired) electrons. The molecule has 1 atom stereocenters. The first kappa shape index (κ1) is 26.9. The van der Waals surface area contributed by atoms with Crippen LogP contribution in [0.15, 0.2) is 46.4 Å². The summed E-state index contributed by atoms with van der Waals surface area (Å²) in [6, 6.07) is 1.49. The molecule has 0 fully saturated rings. The van der Waals surface area contributed by atoms with E-state index in [1.165, 1.54) is 23.9 Å². The fourth-order valence-electron chi connectivity index (χ4n) is 3.23. The number of carbonyl (C=O) groups excluding carboxylic acids is 2. The quantitative estimate of drug-likeness (QED) is 0.281. The number of methoxy groups -OCH3 is 1. The van der Waals surface area contributed by atoms with Gasteiger partial charge in [0.1, 0.15) is 11.3 Å². The summed E-state index contributed by atoms with van der Waals surface area (Å²) in [4.78, 5) is 36.7. The average Bonchev–Trinajstić information content (AvgIpc) is 2.77. The molecule has 0 saturated carbocycles. The topological polar surface area (TPSA) is 97.6 Å². The van der Waals surface area contributed by atoms with Crippen LogP contribution >= 0.6 is 0 Å². The van der Waals surface area contributed by atoms with E-state index in [0.717, 1.165) is 24.8 Å². The number of ether oxygens (including phenoxy) is 1. The van der Waals surface area contributed by atoms with Crippen molar-refractivity contribution in [2.24, 2.45) is 7.05 Å². The fourth-order valence-corrected chi connectivity index (χ4v) is 3.23. The number of unbranched alkanes of at least 4 members (excludes halogenated alkanes) is 1. The van der Waals surface area contributed by atoms with E-state index in [4.69, 9.17) is 0 Å². The minimum absolute atomic E-state index is 0.0497. The molecule has 0 bridgehead atoms. The molecule has 1 aromatic rings. The van der Waals surface area contributed by atoms with Gasteiger partial charge in [-0.05, 0) is 51.0 Å². The van der Waals surface area contributed by atoms with Crippen LogP contribution in [0, 0.1) is 0 Å². The molecule has 32 heavy (non-hydrogen) atoms. The van der Waals surface area contributed by atoms with E-state index >= 15 is 0 Å². The Morgan fingerprint density at radius 1 is 1.28 bits per heavy atom. The van der Waals surface area contributed by atoms with Gasteiger partial charge in [-0.3, -0.25) is 14.9 Å². The SMILES string of the molecule is CCCC/C(C)=C/C=C(\C)C(=O)c1c(O)cc(C(C)CC/C=C/NC(=O)OC)n(C)c1=O. The van der Waals surface area contributed by atoms with Crippen molar-refractivity contribution in [1.82, 2.24) is 9.88 Å². The first-order valence-electron chi connectivity index (χ1n) is 10.9. The molecule has 0 saturated heterocycles. The summed E-state index contributed by atoms with van der Waals surface area (Å²) in [6.07, 6.45) is 10.8. The van der Waals surface area contributed by atoms with Crippen molar-refractivity contribution in [2.45, 2.75) is 65.7 Å². The zero-order valence-electron chi connectivity index (χ0n) is 20.0. The number of carbonyl (C=O) groups is 2. The first-order chi connectivity index (χ1) is 15.1. The minimum atomic E-state index is -0.544. The molecule has 7 nitrogen and oxygen atoms in total. The number of alkyl carbamates (subject to hydrolysis) is 1. The van der Waals surface area contributed by atoms with Crippen LogP contribution in [0.25, 0.3) is 0 Å². The average molecular weight is 445 g/mol. The third-order valence-electron chi connectivity index (χ3n) is 5.35. The normalized spacial score (nSPS) is 13.3. The number of rotatable bonds is 11. The summed E-state index contributed by atoms with van der Waals surface area (Å²) in [7, 11) is 2.89. The standard InChI is InChI=1S/C25H36N2O5/c1-7-8-11-17(2)13-14-19(4)23(29)22-21(28)16-20(27(5)24(22)30)18(3)12-9-10-15-26-25(31)32-6/h10,13-16,18,28H,7-9,11-12H2,1-6H3,(H,26,31)/b15-10+,17-13+,19-14+. The van der Waals surface area contributed by atoms with Crippen molar-refractivity contribution in [2.75, 3.05) is 7.11 Å². The van der Waals surface area contributed by atoms with Crippen LogP contribution in [0.1, 0.15) is 81.8 Å². The molecule has 1 heterocycles. The molecular formula is C25H36N2O5. The zero-order valence-corrected chi connectivity index (χ0v) is 20.0. The van der Waals surface area contributed by atoms with Crippen LogP contribution in [0.5, 0.6) is 5.75 Å². The summed E-state index contributed by atoms with van der Waals surface area (Å²) in [5.74, 6) is -0.827. The van der Waals surface area contributed by atoms with Gasteiger partial charge >= 0.3 is 6.09 Å². The van der Waals surface area contributed by atoms with Gasteiger partial charge in [0.15, 0.2) is 5.78 Å². The van der Waals surface area contributed by atoms with E-state index in [2.05, 4.69) is 17.0 Å². The summed E-state index contributed by atoms with van der Waals surface area (Å²) < 4.78 is 5.90. The smallest absolute Gasteiger partial charge is 0.410 e. The Hall–Kier alpha value is -3.09. The predicted octanol–water partition coefficient (Wildman–Crippen LogP) is 5.11. The highest BCUT2D eigenvalue weighted by atomic mass is 16.5. The number of hydrogen-bond acceptors (Lipinski definition) is 5. The number of hydrogen-bond donors (Lipinski definition) is 2. The summed E-state index contributed by atoms with van der Waals surface area (Å²) in [6.45, 7) is 7.72. The predicted molar refractivity (Wildman–Crippen MR) is 127 cm³/mol. The highest BCUT2D eigenvalue weighted by Gasteiger charge is 2.22. The van der Waals surface area contributed by atoms with E-state index in [1.807, 2.05) is 19.9 Å². The highest BCUT2D eigenvalue weighted by Crippen LogP contribution is 2.25. The Morgan fingerprint density at radius 2 is 1.97 bits per heavy atom. The lowest BCUT2D eigenvalue weighted by molar-refractivity contribution is 0.102. The molecule has 1 unspecified atom stereocenters. The molecule has 1 aromatic heterocycles. The first-order valence-corrected chi connectivity index (χ1v) is 10.9. The van der Waals surface area contributed by atoms with Crippen LogP contribution in [0.2, 0.25) is 0 Å². The number of amides is 1. The number of nitrogens with zero attached hydrogens (tertiary/aromatic N) is 1.